The molecule has 0 bridgehead atoms. The molecule has 1 aliphatic rings. The van der Waals surface area contributed by atoms with Crippen LogP contribution in [0.1, 0.15) is 6.42 Å². The molecule has 1 fully saturated rings. The number of hydrogen-bond donors (Lipinski definition) is 2. The highest BCUT2D eigenvalue weighted by Gasteiger charge is 2.20. The molecule has 1 aromatic heterocycles. The fraction of sp³-hybridized carbons (Fsp3) is 0.500. The minimum Gasteiger partial charge on any atom is -0.346 e. The lowest BCUT2D eigenvalue weighted by atomic mass is 10.4. The van der Waals surface area contributed by atoms with E-state index in [-0.39, 0.29) is 5.91 Å². The van der Waals surface area contributed by atoms with E-state index in [1.165, 1.54) is 6.20 Å². The Kier molecular flexibility index (Phi) is 3.38. The second-order valence-electron chi connectivity index (χ2n) is 4.00. The summed E-state index contributed by atoms with van der Waals surface area (Å²) < 4.78 is 0. The van der Waals surface area contributed by atoms with Gasteiger partial charge in [0.25, 0.3) is 0 Å². The molecule has 1 aromatic rings. The van der Waals surface area contributed by atoms with Crippen molar-refractivity contribution >= 4 is 17.5 Å². The Hall–Kier alpha value is -1.89. The minimum absolute atomic E-state index is 0.0930. The monoisotopic (exact) mass is 236 g/mol. The zero-order valence-corrected chi connectivity index (χ0v) is 9.76. The molecular formula is C10H16N6O. The van der Waals surface area contributed by atoms with E-state index >= 15 is 0 Å². The summed E-state index contributed by atoms with van der Waals surface area (Å²) in [6.07, 6.45) is 4.10. The van der Waals surface area contributed by atoms with E-state index in [0.29, 0.717) is 18.2 Å². The van der Waals surface area contributed by atoms with Crippen molar-refractivity contribution in [3.63, 3.8) is 0 Å². The molecule has 1 aliphatic heterocycles. The van der Waals surface area contributed by atoms with E-state index in [1.807, 2.05) is 11.9 Å². The maximum absolute atomic E-state index is 11.7. The van der Waals surface area contributed by atoms with Gasteiger partial charge in [0.2, 0.25) is 5.91 Å². The van der Waals surface area contributed by atoms with Gasteiger partial charge in [-0.25, -0.2) is 10.8 Å². The Morgan fingerprint density at radius 1 is 1.41 bits per heavy atom. The number of hydrogen-bond acceptors (Lipinski definition) is 6. The van der Waals surface area contributed by atoms with Crippen LogP contribution >= 0.6 is 0 Å². The topological polar surface area (TPSA) is 87.4 Å². The molecule has 0 atom stereocenters. The summed E-state index contributed by atoms with van der Waals surface area (Å²) in [6.45, 7) is 1.90. The van der Waals surface area contributed by atoms with Crippen molar-refractivity contribution in [3.8, 4) is 0 Å². The highest BCUT2D eigenvalue weighted by atomic mass is 16.2. The predicted molar refractivity (Wildman–Crippen MR) is 64.3 cm³/mol. The van der Waals surface area contributed by atoms with Crippen molar-refractivity contribution in [3.05, 3.63) is 12.4 Å². The molecule has 2 rings (SSSR count). The highest BCUT2D eigenvalue weighted by molar-refractivity contribution is 5.81. The second kappa shape index (κ2) is 4.96. The number of nitrogen functional groups attached to an aromatic ring is 1. The fourth-order valence-electron chi connectivity index (χ4n) is 1.76. The maximum atomic E-state index is 11.7. The summed E-state index contributed by atoms with van der Waals surface area (Å²) >= 11 is 0. The van der Waals surface area contributed by atoms with Crippen LogP contribution < -0.4 is 16.2 Å². The number of aromatic nitrogens is 2. The van der Waals surface area contributed by atoms with Crippen LogP contribution in [0.4, 0.5) is 11.6 Å². The predicted octanol–water partition coefficient (Wildman–Crippen LogP) is -0.569. The van der Waals surface area contributed by atoms with Gasteiger partial charge in [-0.1, -0.05) is 0 Å². The second-order valence-corrected chi connectivity index (χ2v) is 4.00. The van der Waals surface area contributed by atoms with E-state index in [9.17, 15) is 4.79 Å². The van der Waals surface area contributed by atoms with E-state index in [1.54, 1.807) is 11.1 Å². The maximum Gasteiger partial charge on any atom is 0.241 e. The third-order valence-electron chi connectivity index (χ3n) is 2.77. The zero-order chi connectivity index (χ0) is 12.3. The molecule has 0 aromatic carbocycles. The van der Waals surface area contributed by atoms with Crippen LogP contribution in [0, 0.1) is 0 Å². The van der Waals surface area contributed by atoms with Crippen molar-refractivity contribution in [1.29, 1.82) is 0 Å². The van der Waals surface area contributed by atoms with Crippen LogP contribution in [0.15, 0.2) is 12.4 Å². The fourth-order valence-corrected chi connectivity index (χ4v) is 1.76. The van der Waals surface area contributed by atoms with Gasteiger partial charge in [0.05, 0.1) is 18.9 Å². The lowest BCUT2D eigenvalue weighted by molar-refractivity contribution is -0.127. The molecule has 2 heterocycles. The van der Waals surface area contributed by atoms with Crippen LogP contribution in [0.3, 0.4) is 0 Å². The number of carbonyl (C=O) groups is 1. The Morgan fingerprint density at radius 2 is 2.24 bits per heavy atom. The van der Waals surface area contributed by atoms with Crippen LogP contribution in [-0.4, -0.2) is 47.5 Å². The van der Waals surface area contributed by atoms with Crippen LogP contribution in [0.25, 0.3) is 0 Å². The lowest BCUT2D eigenvalue weighted by Crippen LogP contribution is -2.34. The van der Waals surface area contributed by atoms with Crippen molar-refractivity contribution in [2.24, 2.45) is 5.84 Å². The largest absolute Gasteiger partial charge is 0.346 e. The van der Waals surface area contributed by atoms with Gasteiger partial charge in [0.15, 0.2) is 5.82 Å². The Bertz CT molecular complexity index is 410. The summed E-state index contributed by atoms with van der Waals surface area (Å²) in [6, 6.07) is 0. The first-order chi connectivity index (χ1) is 8.20. The van der Waals surface area contributed by atoms with Gasteiger partial charge >= 0.3 is 0 Å². The van der Waals surface area contributed by atoms with Crippen molar-refractivity contribution in [2.75, 3.05) is 37.0 Å². The first-order valence-corrected chi connectivity index (χ1v) is 5.48. The van der Waals surface area contributed by atoms with Gasteiger partial charge < -0.3 is 15.2 Å². The first kappa shape index (κ1) is 11.6. The average molecular weight is 236 g/mol. The van der Waals surface area contributed by atoms with Crippen LogP contribution in [-0.2, 0) is 4.79 Å². The molecule has 0 spiro atoms. The molecular weight excluding hydrogens is 220 g/mol. The molecule has 0 saturated carbocycles. The third-order valence-corrected chi connectivity index (χ3v) is 2.77. The molecule has 1 amide bonds. The molecule has 0 aliphatic carbocycles. The number of anilines is 2. The molecule has 7 heteroatoms. The van der Waals surface area contributed by atoms with Crippen molar-refractivity contribution < 1.29 is 4.79 Å². The van der Waals surface area contributed by atoms with E-state index in [4.69, 9.17) is 5.84 Å². The number of hydrazine groups is 1. The summed E-state index contributed by atoms with van der Waals surface area (Å²) in [5, 5.41) is 0. The van der Waals surface area contributed by atoms with Gasteiger partial charge in [-0.15, -0.1) is 0 Å². The van der Waals surface area contributed by atoms with Crippen molar-refractivity contribution in [2.45, 2.75) is 6.42 Å². The number of nitrogens with one attached hydrogen (secondary N) is 1. The smallest absolute Gasteiger partial charge is 0.241 e. The molecule has 0 unspecified atom stereocenters. The number of rotatable bonds is 2. The van der Waals surface area contributed by atoms with Gasteiger partial charge in [0, 0.05) is 20.1 Å². The normalized spacial score (nSPS) is 16.9. The molecule has 17 heavy (non-hydrogen) atoms. The highest BCUT2D eigenvalue weighted by Crippen LogP contribution is 2.14. The summed E-state index contributed by atoms with van der Waals surface area (Å²) in [5.41, 5.74) is 2.45. The minimum atomic E-state index is 0.0930. The molecule has 1 saturated heterocycles. The van der Waals surface area contributed by atoms with E-state index in [2.05, 4.69) is 15.4 Å². The number of amides is 1. The van der Waals surface area contributed by atoms with E-state index < -0.39 is 0 Å². The zero-order valence-electron chi connectivity index (χ0n) is 9.76. The van der Waals surface area contributed by atoms with Crippen LogP contribution in [0.2, 0.25) is 0 Å². The molecule has 0 radical (unpaired) electrons. The number of nitrogens with two attached hydrogens (primary N) is 1. The number of nitrogens with zero attached hydrogens (tertiary/aromatic N) is 4. The van der Waals surface area contributed by atoms with Crippen molar-refractivity contribution in [1.82, 2.24) is 14.9 Å². The summed E-state index contributed by atoms with van der Waals surface area (Å²) in [5.74, 6) is 6.54. The van der Waals surface area contributed by atoms with Crippen LogP contribution in [0.5, 0.6) is 0 Å². The Balaban J connectivity index is 2.17. The third kappa shape index (κ3) is 2.62. The van der Waals surface area contributed by atoms with Gasteiger partial charge in [-0.2, -0.15) is 0 Å². The van der Waals surface area contributed by atoms with Gasteiger partial charge in [-0.3, -0.25) is 9.78 Å². The molecule has 92 valence electrons. The summed E-state index contributed by atoms with van der Waals surface area (Å²) in [7, 11) is 1.81. The number of likely N-dealkylation sites (N-methyl/N-ethyl adjacent to an activating group) is 1. The number of carbonyl (C=O) groups excluding carboxylic acids is 1. The SMILES string of the molecule is CN1CCCN(c2cncc(NN)n2)CC1=O. The summed E-state index contributed by atoms with van der Waals surface area (Å²) in [4.78, 5) is 23.7. The average Bonchev–Trinajstić information content (AvgIpc) is 2.52. The van der Waals surface area contributed by atoms with E-state index in [0.717, 1.165) is 19.5 Å². The molecule has 7 nitrogen and oxygen atoms in total. The Labute approximate surface area is 99.6 Å². The Morgan fingerprint density at radius 3 is 3.00 bits per heavy atom. The quantitative estimate of drug-likeness (QED) is 0.528. The first-order valence-electron chi connectivity index (χ1n) is 5.48. The lowest BCUT2D eigenvalue weighted by Gasteiger charge is -2.20. The standard InChI is InChI=1S/C10H16N6O/c1-15-3-2-4-16(7-10(15)17)9-6-12-5-8(13-9)14-11/h5-6H,2-4,7,11H2,1H3,(H,13,14). The van der Waals surface area contributed by atoms with Gasteiger partial charge in [0.1, 0.15) is 5.82 Å². The molecule has 3 N–H and O–H groups in total. The van der Waals surface area contributed by atoms with Gasteiger partial charge in [-0.05, 0) is 6.42 Å².